The number of nitrogen functional groups attached to an aromatic ring is 1. The number of nitrogens with one attached hydrogen (secondary N) is 1. The monoisotopic (exact) mass is 220 g/mol. The molecule has 4 nitrogen and oxygen atoms in total. The van der Waals surface area contributed by atoms with Crippen LogP contribution in [0.2, 0.25) is 0 Å². The average Bonchev–Trinajstić information content (AvgIpc) is 3.02. The molecule has 2 rings (SSSR count). The summed E-state index contributed by atoms with van der Waals surface area (Å²) in [5.41, 5.74) is 7.34. The molecule has 1 fully saturated rings. The van der Waals surface area contributed by atoms with Gasteiger partial charge in [-0.1, -0.05) is 6.07 Å². The first-order valence-electron chi connectivity index (χ1n) is 5.36. The summed E-state index contributed by atoms with van der Waals surface area (Å²) in [5.74, 6) is -0.156. The SMILES string of the molecule is Cc1c(N)cccc1C(=O)NC1(CO)CC1. The molecule has 1 saturated carbocycles. The minimum Gasteiger partial charge on any atom is -0.398 e. The Morgan fingerprint density at radius 1 is 1.56 bits per heavy atom. The van der Waals surface area contributed by atoms with Gasteiger partial charge >= 0.3 is 0 Å². The third-order valence-corrected chi connectivity index (χ3v) is 3.16. The number of hydrogen-bond acceptors (Lipinski definition) is 3. The first-order valence-corrected chi connectivity index (χ1v) is 5.36. The molecular weight excluding hydrogens is 204 g/mol. The molecular formula is C12H16N2O2. The van der Waals surface area contributed by atoms with Gasteiger partial charge in [-0.25, -0.2) is 0 Å². The predicted molar refractivity (Wildman–Crippen MR) is 62.1 cm³/mol. The maximum absolute atomic E-state index is 12.0. The topological polar surface area (TPSA) is 75.4 Å². The summed E-state index contributed by atoms with van der Waals surface area (Å²) >= 11 is 0. The highest BCUT2D eigenvalue weighted by molar-refractivity contribution is 5.97. The van der Waals surface area contributed by atoms with Gasteiger partial charge in [0.25, 0.3) is 5.91 Å². The smallest absolute Gasteiger partial charge is 0.252 e. The average molecular weight is 220 g/mol. The molecule has 1 aromatic carbocycles. The molecule has 86 valence electrons. The second-order valence-electron chi connectivity index (χ2n) is 4.41. The van der Waals surface area contributed by atoms with E-state index in [1.54, 1.807) is 18.2 Å². The van der Waals surface area contributed by atoms with Gasteiger partial charge in [0.05, 0.1) is 12.1 Å². The maximum atomic E-state index is 12.0. The summed E-state index contributed by atoms with van der Waals surface area (Å²) in [5, 5.41) is 12.0. The number of amides is 1. The van der Waals surface area contributed by atoms with Crippen LogP contribution in [0, 0.1) is 6.92 Å². The maximum Gasteiger partial charge on any atom is 0.252 e. The summed E-state index contributed by atoms with van der Waals surface area (Å²) in [6.07, 6.45) is 1.69. The van der Waals surface area contributed by atoms with E-state index in [2.05, 4.69) is 5.32 Å². The molecule has 0 spiro atoms. The zero-order chi connectivity index (χ0) is 11.8. The summed E-state index contributed by atoms with van der Waals surface area (Å²) in [4.78, 5) is 12.0. The molecule has 16 heavy (non-hydrogen) atoms. The van der Waals surface area contributed by atoms with Gasteiger partial charge in [-0.15, -0.1) is 0 Å². The van der Waals surface area contributed by atoms with Gasteiger partial charge in [-0.3, -0.25) is 4.79 Å². The second-order valence-corrected chi connectivity index (χ2v) is 4.41. The van der Waals surface area contributed by atoms with Gasteiger partial charge in [0.15, 0.2) is 0 Å². The van der Waals surface area contributed by atoms with Crippen LogP contribution in [0.25, 0.3) is 0 Å². The van der Waals surface area contributed by atoms with E-state index in [-0.39, 0.29) is 18.1 Å². The van der Waals surface area contributed by atoms with Crippen LogP contribution in [0.15, 0.2) is 18.2 Å². The number of aliphatic hydroxyl groups is 1. The van der Waals surface area contributed by atoms with Crippen LogP contribution in [0.3, 0.4) is 0 Å². The zero-order valence-electron chi connectivity index (χ0n) is 9.29. The van der Waals surface area contributed by atoms with Crippen molar-refractivity contribution in [2.24, 2.45) is 0 Å². The number of benzene rings is 1. The van der Waals surface area contributed by atoms with Crippen LogP contribution in [-0.4, -0.2) is 23.2 Å². The van der Waals surface area contributed by atoms with E-state index in [9.17, 15) is 4.79 Å². The second kappa shape index (κ2) is 3.79. The number of nitrogens with two attached hydrogens (primary N) is 1. The van der Waals surface area contributed by atoms with Crippen molar-refractivity contribution in [1.29, 1.82) is 0 Å². The van der Waals surface area contributed by atoms with E-state index in [1.807, 2.05) is 6.92 Å². The molecule has 4 heteroatoms. The Kier molecular flexibility index (Phi) is 2.59. The Bertz CT molecular complexity index is 425. The molecule has 1 aliphatic carbocycles. The molecule has 1 aromatic rings. The van der Waals surface area contributed by atoms with E-state index >= 15 is 0 Å². The molecule has 0 radical (unpaired) electrons. The van der Waals surface area contributed by atoms with Crippen LogP contribution in [0.1, 0.15) is 28.8 Å². The molecule has 1 amide bonds. The first kappa shape index (κ1) is 11.0. The van der Waals surface area contributed by atoms with E-state index in [0.717, 1.165) is 18.4 Å². The highest BCUT2D eigenvalue weighted by atomic mass is 16.3. The van der Waals surface area contributed by atoms with Crippen molar-refractivity contribution in [3.8, 4) is 0 Å². The van der Waals surface area contributed by atoms with Crippen molar-refractivity contribution in [2.45, 2.75) is 25.3 Å². The highest BCUT2D eigenvalue weighted by Crippen LogP contribution is 2.35. The number of rotatable bonds is 3. The van der Waals surface area contributed by atoms with E-state index < -0.39 is 0 Å². The van der Waals surface area contributed by atoms with Crippen molar-refractivity contribution < 1.29 is 9.90 Å². The summed E-state index contributed by atoms with van der Waals surface area (Å²) in [7, 11) is 0. The van der Waals surface area contributed by atoms with Gasteiger partial charge in [-0.2, -0.15) is 0 Å². The lowest BCUT2D eigenvalue weighted by Gasteiger charge is -2.15. The van der Waals surface area contributed by atoms with E-state index in [0.29, 0.717) is 11.3 Å². The van der Waals surface area contributed by atoms with Crippen molar-refractivity contribution in [3.05, 3.63) is 29.3 Å². The third-order valence-electron chi connectivity index (χ3n) is 3.16. The fourth-order valence-electron chi connectivity index (χ4n) is 1.68. The van der Waals surface area contributed by atoms with Gasteiger partial charge in [-0.05, 0) is 37.5 Å². The molecule has 0 aromatic heterocycles. The quantitative estimate of drug-likeness (QED) is 0.660. The van der Waals surface area contributed by atoms with Crippen molar-refractivity contribution in [3.63, 3.8) is 0 Å². The molecule has 0 heterocycles. The molecule has 0 aliphatic heterocycles. The lowest BCUT2D eigenvalue weighted by Crippen LogP contribution is -2.39. The number of aliphatic hydroxyl groups excluding tert-OH is 1. The minimum absolute atomic E-state index is 0.000103. The lowest BCUT2D eigenvalue weighted by molar-refractivity contribution is 0.0906. The largest absolute Gasteiger partial charge is 0.398 e. The summed E-state index contributed by atoms with van der Waals surface area (Å²) in [6, 6.07) is 5.27. The van der Waals surface area contributed by atoms with E-state index in [4.69, 9.17) is 10.8 Å². The molecule has 1 aliphatic rings. The molecule has 4 N–H and O–H groups in total. The number of carbonyl (C=O) groups excluding carboxylic acids is 1. The van der Waals surface area contributed by atoms with Crippen molar-refractivity contribution >= 4 is 11.6 Å². The van der Waals surface area contributed by atoms with E-state index in [1.165, 1.54) is 0 Å². The highest BCUT2D eigenvalue weighted by Gasteiger charge is 2.43. The zero-order valence-corrected chi connectivity index (χ0v) is 9.29. The van der Waals surface area contributed by atoms with Gasteiger partial charge < -0.3 is 16.2 Å². The summed E-state index contributed by atoms with van der Waals surface area (Å²) in [6.45, 7) is 1.82. The molecule has 0 unspecified atom stereocenters. The fraction of sp³-hybridized carbons (Fsp3) is 0.417. The van der Waals surface area contributed by atoms with Crippen LogP contribution in [0.4, 0.5) is 5.69 Å². The third kappa shape index (κ3) is 1.88. The van der Waals surface area contributed by atoms with Crippen LogP contribution in [-0.2, 0) is 0 Å². The lowest BCUT2D eigenvalue weighted by atomic mass is 10.1. The van der Waals surface area contributed by atoms with Gasteiger partial charge in [0.1, 0.15) is 0 Å². The Hall–Kier alpha value is -1.55. The number of carbonyl (C=O) groups is 1. The minimum atomic E-state index is -0.381. The Labute approximate surface area is 94.5 Å². The number of anilines is 1. The van der Waals surface area contributed by atoms with Gasteiger partial charge in [0, 0.05) is 11.3 Å². The molecule has 0 atom stereocenters. The van der Waals surface area contributed by atoms with Gasteiger partial charge in [0.2, 0.25) is 0 Å². The molecule has 0 saturated heterocycles. The predicted octanol–water partition coefficient (Wildman–Crippen LogP) is 0.832. The van der Waals surface area contributed by atoms with Crippen LogP contribution in [0.5, 0.6) is 0 Å². The summed E-state index contributed by atoms with van der Waals surface area (Å²) < 4.78 is 0. The number of hydrogen-bond donors (Lipinski definition) is 3. The van der Waals surface area contributed by atoms with Crippen molar-refractivity contribution in [1.82, 2.24) is 5.32 Å². The van der Waals surface area contributed by atoms with Crippen LogP contribution >= 0.6 is 0 Å². The molecule has 0 bridgehead atoms. The normalized spacial score (nSPS) is 16.9. The standard InChI is InChI=1S/C12H16N2O2/c1-8-9(3-2-4-10(8)13)11(16)14-12(7-15)5-6-12/h2-4,15H,5-7,13H2,1H3,(H,14,16). The fourth-order valence-corrected chi connectivity index (χ4v) is 1.68. The van der Waals surface area contributed by atoms with Crippen molar-refractivity contribution in [2.75, 3.05) is 12.3 Å². The Balaban J connectivity index is 2.18. The first-order chi connectivity index (χ1) is 7.58. The van der Waals surface area contributed by atoms with Crippen LogP contribution < -0.4 is 11.1 Å². The Morgan fingerprint density at radius 3 is 2.81 bits per heavy atom. The Morgan fingerprint density at radius 2 is 2.25 bits per heavy atom.